The SMILES string of the molecule is COC1CN(C2CCCCCC2C#N)CCC1C. The molecule has 0 radical (unpaired) electrons. The van der Waals surface area contributed by atoms with Gasteiger partial charge < -0.3 is 4.74 Å². The average molecular weight is 250 g/mol. The van der Waals surface area contributed by atoms with Crippen LogP contribution in [0.15, 0.2) is 0 Å². The second-order valence-electron chi connectivity index (χ2n) is 5.98. The van der Waals surface area contributed by atoms with Gasteiger partial charge in [0.15, 0.2) is 0 Å². The molecule has 0 aromatic carbocycles. The van der Waals surface area contributed by atoms with Gasteiger partial charge in [0, 0.05) is 19.7 Å². The highest BCUT2D eigenvalue weighted by Gasteiger charge is 2.34. The summed E-state index contributed by atoms with van der Waals surface area (Å²) in [6, 6.07) is 3.03. The molecule has 2 fully saturated rings. The summed E-state index contributed by atoms with van der Waals surface area (Å²) in [5.41, 5.74) is 0. The maximum absolute atomic E-state index is 9.38. The van der Waals surface area contributed by atoms with E-state index in [1.807, 2.05) is 7.11 Å². The predicted molar refractivity (Wildman–Crippen MR) is 72.1 cm³/mol. The molecule has 0 spiro atoms. The molecule has 102 valence electrons. The number of likely N-dealkylation sites (tertiary alicyclic amines) is 1. The van der Waals surface area contributed by atoms with E-state index < -0.39 is 0 Å². The van der Waals surface area contributed by atoms with E-state index in [9.17, 15) is 5.26 Å². The molecule has 3 heteroatoms. The molecule has 0 amide bonds. The van der Waals surface area contributed by atoms with Gasteiger partial charge in [0.2, 0.25) is 0 Å². The molecule has 2 rings (SSSR count). The second kappa shape index (κ2) is 6.54. The Morgan fingerprint density at radius 3 is 2.67 bits per heavy atom. The van der Waals surface area contributed by atoms with E-state index in [1.165, 1.54) is 32.1 Å². The average Bonchev–Trinajstić information content (AvgIpc) is 2.64. The van der Waals surface area contributed by atoms with Crippen LogP contribution in [0, 0.1) is 23.2 Å². The van der Waals surface area contributed by atoms with Crippen molar-refractivity contribution < 1.29 is 4.74 Å². The largest absolute Gasteiger partial charge is 0.380 e. The zero-order chi connectivity index (χ0) is 13.0. The fourth-order valence-corrected chi connectivity index (χ4v) is 3.54. The fourth-order valence-electron chi connectivity index (χ4n) is 3.54. The van der Waals surface area contributed by atoms with Gasteiger partial charge >= 0.3 is 0 Å². The van der Waals surface area contributed by atoms with Gasteiger partial charge in [-0.2, -0.15) is 5.26 Å². The zero-order valence-corrected chi connectivity index (χ0v) is 11.8. The minimum atomic E-state index is 0.235. The van der Waals surface area contributed by atoms with Gasteiger partial charge in [-0.15, -0.1) is 0 Å². The van der Waals surface area contributed by atoms with Crippen LogP contribution in [0.3, 0.4) is 0 Å². The van der Waals surface area contributed by atoms with E-state index >= 15 is 0 Å². The molecule has 4 atom stereocenters. The summed E-state index contributed by atoms with van der Waals surface area (Å²) in [6.07, 6.45) is 7.65. The number of methoxy groups -OCH3 is 1. The van der Waals surface area contributed by atoms with Crippen LogP contribution in [-0.4, -0.2) is 37.2 Å². The van der Waals surface area contributed by atoms with Crippen LogP contribution in [-0.2, 0) is 4.74 Å². The van der Waals surface area contributed by atoms with Crippen LogP contribution < -0.4 is 0 Å². The first kappa shape index (κ1) is 13.8. The third-order valence-electron chi connectivity index (χ3n) is 4.84. The number of hydrogen-bond acceptors (Lipinski definition) is 3. The Morgan fingerprint density at radius 1 is 1.17 bits per heavy atom. The standard InChI is InChI=1S/C15H26N2O/c1-12-8-9-17(11-15(12)18-2)14-7-5-3-4-6-13(14)10-16/h12-15H,3-9,11H2,1-2H3. The van der Waals surface area contributed by atoms with Crippen molar-refractivity contribution in [3.8, 4) is 6.07 Å². The summed E-state index contributed by atoms with van der Waals surface area (Å²) in [6.45, 7) is 4.44. The van der Waals surface area contributed by atoms with Gasteiger partial charge in [-0.1, -0.05) is 26.2 Å². The van der Waals surface area contributed by atoms with E-state index in [0.29, 0.717) is 18.1 Å². The Morgan fingerprint density at radius 2 is 1.94 bits per heavy atom. The van der Waals surface area contributed by atoms with Crippen LogP contribution in [0.1, 0.15) is 45.4 Å². The highest BCUT2D eigenvalue weighted by atomic mass is 16.5. The van der Waals surface area contributed by atoms with Gasteiger partial charge in [0.1, 0.15) is 0 Å². The van der Waals surface area contributed by atoms with Gasteiger partial charge in [0.25, 0.3) is 0 Å². The van der Waals surface area contributed by atoms with Gasteiger partial charge in [-0.3, -0.25) is 4.90 Å². The van der Waals surface area contributed by atoms with E-state index in [4.69, 9.17) is 4.74 Å². The maximum atomic E-state index is 9.38. The molecule has 1 heterocycles. The molecular formula is C15H26N2O. The number of ether oxygens (including phenoxy) is 1. The third-order valence-corrected chi connectivity index (χ3v) is 4.84. The molecule has 1 aliphatic heterocycles. The number of hydrogen-bond donors (Lipinski definition) is 0. The number of nitrogens with zero attached hydrogens (tertiary/aromatic N) is 2. The molecule has 18 heavy (non-hydrogen) atoms. The summed E-state index contributed by atoms with van der Waals surface area (Å²) in [4.78, 5) is 2.54. The molecule has 0 N–H and O–H groups in total. The Hall–Kier alpha value is -0.590. The Balaban J connectivity index is 2.02. The molecule has 3 nitrogen and oxygen atoms in total. The van der Waals surface area contributed by atoms with Crippen LogP contribution in [0.4, 0.5) is 0 Å². The summed E-state index contributed by atoms with van der Waals surface area (Å²) >= 11 is 0. The van der Waals surface area contributed by atoms with Crippen LogP contribution in [0.5, 0.6) is 0 Å². The molecular weight excluding hydrogens is 224 g/mol. The smallest absolute Gasteiger partial charge is 0.0724 e. The van der Waals surface area contributed by atoms with Gasteiger partial charge in [0.05, 0.1) is 18.1 Å². The lowest BCUT2D eigenvalue weighted by Crippen LogP contribution is -2.50. The minimum absolute atomic E-state index is 0.235. The Bertz CT molecular complexity index is 299. The number of rotatable bonds is 2. The van der Waals surface area contributed by atoms with Crippen molar-refractivity contribution in [2.75, 3.05) is 20.2 Å². The topological polar surface area (TPSA) is 36.3 Å². The molecule has 2 aliphatic rings. The van der Waals surface area contributed by atoms with Crippen molar-refractivity contribution in [2.24, 2.45) is 11.8 Å². The van der Waals surface area contributed by atoms with E-state index in [2.05, 4.69) is 17.9 Å². The lowest BCUT2D eigenvalue weighted by atomic mass is 9.89. The summed E-state index contributed by atoms with van der Waals surface area (Å²) in [7, 11) is 1.82. The van der Waals surface area contributed by atoms with Crippen molar-refractivity contribution in [3.63, 3.8) is 0 Å². The number of piperidine rings is 1. The van der Waals surface area contributed by atoms with Crippen molar-refractivity contribution in [1.29, 1.82) is 5.26 Å². The molecule has 0 bridgehead atoms. The third kappa shape index (κ3) is 3.05. The van der Waals surface area contributed by atoms with Crippen LogP contribution in [0.2, 0.25) is 0 Å². The first-order valence-corrected chi connectivity index (χ1v) is 7.42. The Kier molecular flexibility index (Phi) is 5.03. The van der Waals surface area contributed by atoms with Gasteiger partial charge in [-0.25, -0.2) is 0 Å². The predicted octanol–water partition coefficient (Wildman–Crippen LogP) is 2.82. The molecule has 1 aliphatic carbocycles. The van der Waals surface area contributed by atoms with E-state index in [0.717, 1.165) is 19.5 Å². The summed E-state index contributed by atoms with van der Waals surface area (Å²) in [5, 5.41) is 9.38. The first-order chi connectivity index (χ1) is 8.76. The van der Waals surface area contributed by atoms with E-state index in [1.54, 1.807) is 0 Å². The van der Waals surface area contributed by atoms with Crippen molar-refractivity contribution in [2.45, 2.75) is 57.6 Å². The molecule has 1 saturated carbocycles. The van der Waals surface area contributed by atoms with Gasteiger partial charge in [-0.05, 0) is 31.7 Å². The van der Waals surface area contributed by atoms with Crippen molar-refractivity contribution >= 4 is 0 Å². The lowest BCUT2D eigenvalue weighted by molar-refractivity contribution is -0.0255. The molecule has 1 saturated heterocycles. The second-order valence-corrected chi connectivity index (χ2v) is 5.98. The Labute approximate surface area is 111 Å². The quantitative estimate of drug-likeness (QED) is 0.707. The molecule has 0 aromatic rings. The monoisotopic (exact) mass is 250 g/mol. The minimum Gasteiger partial charge on any atom is -0.380 e. The van der Waals surface area contributed by atoms with Crippen LogP contribution >= 0.6 is 0 Å². The molecule has 0 aromatic heterocycles. The van der Waals surface area contributed by atoms with Crippen molar-refractivity contribution in [1.82, 2.24) is 4.90 Å². The highest BCUT2D eigenvalue weighted by molar-refractivity contribution is 4.96. The summed E-state index contributed by atoms with van der Waals surface area (Å²) in [5.74, 6) is 0.885. The maximum Gasteiger partial charge on any atom is 0.0724 e. The van der Waals surface area contributed by atoms with E-state index in [-0.39, 0.29) is 5.92 Å². The summed E-state index contributed by atoms with van der Waals surface area (Å²) < 4.78 is 5.60. The molecule has 4 unspecified atom stereocenters. The van der Waals surface area contributed by atoms with Crippen LogP contribution in [0.25, 0.3) is 0 Å². The van der Waals surface area contributed by atoms with Crippen molar-refractivity contribution in [3.05, 3.63) is 0 Å². The normalized spacial score (nSPS) is 38.9. The lowest BCUT2D eigenvalue weighted by Gasteiger charge is -2.41. The fraction of sp³-hybridized carbons (Fsp3) is 0.933. The number of nitriles is 1. The first-order valence-electron chi connectivity index (χ1n) is 7.42. The highest BCUT2D eigenvalue weighted by Crippen LogP contribution is 2.30. The zero-order valence-electron chi connectivity index (χ0n) is 11.8.